The molecule has 28 heavy (non-hydrogen) atoms. The maximum absolute atomic E-state index is 12.4. The highest BCUT2D eigenvalue weighted by atomic mass is 79.9. The summed E-state index contributed by atoms with van der Waals surface area (Å²) in [7, 11) is 1.32. The van der Waals surface area contributed by atoms with Crippen molar-refractivity contribution in [1.82, 2.24) is 4.90 Å². The number of hydrogen-bond acceptors (Lipinski definition) is 5. The summed E-state index contributed by atoms with van der Waals surface area (Å²) >= 11 is 3.33. The Kier molecular flexibility index (Phi) is 6.14. The van der Waals surface area contributed by atoms with Crippen molar-refractivity contribution in [3.63, 3.8) is 0 Å². The lowest BCUT2D eigenvalue weighted by Gasteiger charge is -2.19. The summed E-state index contributed by atoms with van der Waals surface area (Å²) in [6.45, 7) is 2.20. The van der Waals surface area contributed by atoms with Gasteiger partial charge in [0.2, 0.25) is 0 Å². The van der Waals surface area contributed by atoms with Gasteiger partial charge in [-0.25, -0.2) is 4.79 Å². The lowest BCUT2D eigenvalue weighted by atomic mass is 10.1. The molecule has 0 aromatic heterocycles. The minimum atomic E-state index is -0.477. The minimum Gasteiger partial charge on any atom is -0.490 e. The highest BCUT2D eigenvalue weighted by Gasteiger charge is 2.34. The van der Waals surface area contributed by atoms with E-state index in [1.165, 1.54) is 12.0 Å². The Morgan fingerprint density at radius 2 is 1.75 bits per heavy atom. The van der Waals surface area contributed by atoms with E-state index in [0.717, 1.165) is 4.47 Å². The number of benzene rings is 2. The van der Waals surface area contributed by atoms with Gasteiger partial charge in [-0.3, -0.25) is 14.5 Å². The fourth-order valence-electron chi connectivity index (χ4n) is 3.13. The Hall–Kier alpha value is -2.67. The predicted molar refractivity (Wildman–Crippen MR) is 107 cm³/mol. The van der Waals surface area contributed by atoms with Gasteiger partial charge in [-0.05, 0) is 50.1 Å². The number of fused-ring (bicyclic) bond motifs is 1. The van der Waals surface area contributed by atoms with Crippen molar-refractivity contribution in [3.05, 3.63) is 63.6 Å². The summed E-state index contributed by atoms with van der Waals surface area (Å²) in [5, 5.41) is 0. The van der Waals surface area contributed by atoms with Crippen LogP contribution in [0.3, 0.4) is 0 Å². The van der Waals surface area contributed by atoms with Gasteiger partial charge >= 0.3 is 5.97 Å². The van der Waals surface area contributed by atoms with Crippen molar-refractivity contribution in [2.75, 3.05) is 13.7 Å². The fraction of sp³-hybridized carbons (Fsp3) is 0.286. The Balaban J connectivity index is 1.58. The van der Waals surface area contributed by atoms with Crippen LogP contribution in [0.2, 0.25) is 0 Å². The molecule has 1 heterocycles. The number of imide groups is 1. The number of methoxy groups -OCH3 is 1. The molecular formula is C21H20BrNO5. The lowest BCUT2D eigenvalue weighted by molar-refractivity contribution is 0.0587. The Morgan fingerprint density at radius 3 is 2.36 bits per heavy atom. The van der Waals surface area contributed by atoms with Gasteiger partial charge in [0.15, 0.2) is 0 Å². The molecule has 0 spiro atoms. The van der Waals surface area contributed by atoms with Gasteiger partial charge < -0.3 is 9.47 Å². The maximum Gasteiger partial charge on any atom is 0.341 e. The van der Waals surface area contributed by atoms with Crippen molar-refractivity contribution in [3.8, 4) is 5.75 Å². The first-order valence-corrected chi connectivity index (χ1v) is 9.71. The average molecular weight is 446 g/mol. The number of esters is 1. The smallest absolute Gasteiger partial charge is 0.341 e. The molecule has 7 heteroatoms. The number of carbonyl (C=O) groups excluding carboxylic acids is 3. The van der Waals surface area contributed by atoms with Gasteiger partial charge in [0.05, 0.1) is 24.3 Å². The molecule has 1 atom stereocenters. The van der Waals surface area contributed by atoms with Crippen molar-refractivity contribution >= 4 is 33.7 Å². The number of hydrogen-bond donors (Lipinski definition) is 0. The van der Waals surface area contributed by atoms with Crippen LogP contribution in [-0.4, -0.2) is 42.4 Å². The zero-order chi connectivity index (χ0) is 20.3. The van der Waals surface area contributed by atoms with Crippen molar-refractivity contribution in [2.45, 2.75) is 25.9 Å². The van der Waals surface area contributed by atoms with Gasteiger partial charge in [0.1, 0.15) is 11.3 Å². The molecule has 2 amide bonds. The summed E-state index contributed by atoms with van der Waals surface area (Å²) in [6.07, 6.45) is 1.00. The van der Waals surface area contributed by atoms with E-state index in [-0.39, 0.29) is 17.9 Å². The van der Waals surface area contributed by atoms with Crippen LogP contribution in [0.1, 0.15) is 50.8 Å². The minimum absolute atomic E-state index is 0.209. The van der Waals surface area contributed by atoms with E-state index in [4.69, 9.17) is 9.47 Å². The SMILES string of the molecule is COC(=O)c1cc(Br)ccc1O[C@H](C)CCCN1C(=O)c2ccccc2C1=O. The summed E-state index contributed by atoms with van der Waals surface area (Å²) < 4.78 is 11.4. The lowest BCUT2D eigenvalue weighted by Crippen LogP contribution is -2.31. The molecule has 0 fully saturated rings. The quantitative estimate of drug-likeness (QED) is 0.474. The number of amides is 2. The zero-order valence-electron chi connectivity index (χ0n) is 15.6. The van der Waals surface area contributed by atoms with Crippen molar-refractivity contribution in [1.29, 1.82) is 0 Å². The second-order valence-corrected chi connectivity index (χ2v) is 7.43. The van der Waals surface area contributed by atoms with Crippen LogP contribution < -0.4 is 4.74 Å². The van der Waals surface area contributed by atoms with E-state index in [1.807, 2.05) is 6.92 Å². The number of ether oxygens (including phenoxy) is 2. The molecule has 0 saturated carbocycles. The molecular weight excluding hydrogens is 426 g/mol. The van der Waals surface area contributed by atoms with Crippen LogP contribution in [-0.2, 0) is 4.74 Å². The van der Waals surface area contributed by atoms with Crippen LogP contribution >= 0.6 is 15.9 Å². The first kappa shape index (κ1) is 20.1. The molecule has 0 radical (unpaired) electrons. The van der Waals surface area contributed by atoms with Crippen LogP contribution in [0.25, 0.3) is 0 Å². The van der Waals surface area contributed by atoms with E-state index in [0.29, 0.717) is 41.8 Å². The van der Waals surface area contributed by atoms with Gasteiger partial charge in [-0.2, -0.15) is 0 Å². The second kappa shape index (κ2) is 8.56. The number of rotatable bonds is 7. The Labute approximate surface area is 171 Å². The first-order valence-electron chi connectivity index (χ1n) is 8.92. The Morgan fingerprint density at radius 1 is 1.11 bits per heavy atom. The van der Waals surface area contributed by atoms with Gasteiger partial charge in [-0.1, -0.05) is 28.1 Å². The van der Waals surface area contributed by atoms with Gasteiger partial charge in [0, 0.05) is 11.0 Å². The number of carbonyl (C=O) groups is 3. The molecule has 3 rings (SSSR count). The maximum atomic E-state index is 12.4. The molecule has 6 nitrogen and oxygen atoms in total. The second-order valence-electron chi connectivity index (χ2n) is 6.51. The molecule has 0 bridgehead atoms. The highest BCUT2D eigenvalue weighted by molar-refractivity contribution is 9.10. The molecule has 0 aliphatic carbocycles. The van der Waals surface area contributed by atoms with Crippen LogP contribution in [0.4, 0.5) is 0 Å². The van der Waals surface area contributed by atoms with E-state index in [9.17, 15) is 14.4 Å². The summed E-state index contributed by atoms with van der Waals surface area (Å²) in [5.74, 6) is -0.553. The third-order valence-corrected chi connectivity index (χ3v) is 5.04. The zero-order valence-corrected chi connectivity index (χ0v) is 17.2. The fourth-order valence-corrected chi connectivity index (χ4v) is 3.49. The topological polar surface area (TPSA) is 72.9 Å². The number of nitrogens with zero attached hydrogens (tertiary/aromatic N) is 1. The number of halogens is 1. The molecule has 0 saturated heterocycles. The van der Waals surface area contributed by atoms with Crippen molar-refractivity contribution < 1.29 is 23.9 Å². The van der Waals surface area contributed by atoms with E-state index in [1.54, 1.807) is 42.5 Å². The normalized spacial score (nSPS) is 14.0. The third-order valence-electron chi connectivity index (χ3n) is 4.55. The molecule has 1 aliphatic rings. The predicted octanol–water partition coefficient (Wildman–Crippen LogP) is 4.08. The standard InChI is InChI=1S/C21H20BrNO5/c1-13(28-18-10-9-14(22)12-17(18)21(26)27-2)6-5-11-23-19(24)15-7-3-4-8-16(15)20(23)25/h3-4,7-10,12-13H,5-6,11H2,1-2H3/t13-/m1/s1. The summed E-state index contributed by atoms with van der Waals surface area (Å²) in [6, 6.07) is 12.0. The van der Waals surface area contributed by atoms with Crippen molar-refractivity contribution in [2.24, 2.45) is 0 Å². The van der Waals surface area contributed by atoms with Gasteiger partial charge in [-0.15, -0.1) is 0 Å². The molecule has 146 valence electrons. The third kappa shape index (κ3) is 4.09. The van der Waals surface area contributed by atoms with E-state index in [2.05, 4.69) is 15.9 Å². The van der Waals surface area contributed by atoms with E-state index < -0.39 is 5.97 Å². The van der Waals surface area contributed by atoms with Crippen LogP contribution in [0, 0.1) is 0 Å². The summed E-state index contributed by atoms with van der Waals surface area (Å²) in [4.78, 5) is 38.0. The van der Waals surface area contributed by atoms with E-state index >= 15 is 0 Å². The molecule has 2 aromatic carbocycles. The van der Waals surface area contributed by atoms with Crippen LogP contribution in [0.15, 0.2) is 46.9 Å². The molecule has 0 unspecified atom stereocenters. The monoisotopic (exact) mass is 445 g/mol. The van der Waals surface area contributed by atoms with Gasteiger partial charge in [0.25, 0.3) is 11.8 Å². The Bertz CT molecular complexity index is 892. The van der Waals surface area contributed by atoms with Crippen LogP contribution in [0.5, 0.6) is 5.75 Å². The highest BCUT2D eigenvalue weighted by Crippen LogP contribution is 2.26. The average Bonchev–Trinajstić information content (AvgIpc) is 2.94. The largest absolute Gasteiger partial charge is 0.490 e. The summed E-state index contributed by atoms with van der Waals surface area (Å²) in [5.41, 5.74) is 1.24. The molecule has 2 aromatic rings. The molecule has 0 N–H and O–H groups in total. The molecule has 1 aliphatic heterocycles. The first-order chi connectivity index (χ1) is 13.4.